The third-order valence-corrected chi connectivity index (χ3v) is 3.61. The van der Waals surface area contributed by atoms with Gasteiger partial charge in [-0.1, -0.05) is 12.8 Å². The summed E-state index contributed by atoms with van der Waals surface area (Å²) in [4.78, 5) is 11.1. The van der Waals surface area contributed by atoms with Crippen LogP contribution in [0.2, 0.25) is 0 Å². The van der Waals surface area contributed by atoms with Gasteiger partial charge in [0.1, 0.15) is 4.60 Å². The summed E-state index contributed by atoms with van der Waals surface area (Å²) in [5.41, 5.74) is 0. The van der Waals surface area contributed by atoms with Gasteiger partial charge in [-0.05, 0) is 34.8 Å². The van der Waals surface area contributed by atoms with E-state index in [2.05, 4.69) is 21.0 Å². The minimum absolute atomic E-state index is 0.000579. The van der Waals surface area contributed by atoms with Gasteiger partial charge in [0.2, 0.25) is 0 Å². The summed E-state index contributed by atoms with van der Waals surface area (Å²) in [6.07, 6.45) is 5.44. The first kappa shape index (κ1) is 10.7. The number of hydrogen-bond acceptors (Lipinski definition) is 2. The van der Waals surface area contributed by atoms with Crippen molar-refractivity contribution in [2.75, 3.05) is 0 Å². The molecule has 2 unspecified atom stereocenters. The van der Waals surface area contributed by atoms with E-state index in [0.29, 0.717) is 0 Å². The predicted molar refractivity (Wildman–Crippen MR) is 58.6 cm³/mol. The summed E-state index contributed by atoms with van der Waals surface area (Å²) in [5, 5.41) is 13.3. The van der Waals surface area contributed by atoms with Gasteiger partial charge in [0.25, 0.3) is 0 Å². The highest BCUT2D eigenvalue weighted by atomic mass is 79.9. The lowest BCUT2D eigenvalue weighted by molar-refractivity contribution is -0.144. The Bertz CT molecular complexity index is 364. The van der Waals surface area contributed by atoms with Gasteiger partial charge in [-0.2, -0.15) is 5.10 Å². The Morgan fingerprint density at radius 3 is 2.87 bits per heavy atom. The van der Waals surface area contributed by atoms with E-state index in [1.54, 1.807) is 10.9 Å². The first-order valence-electron chi connectivity index (χ1n) is 5.12. The summed E-state index contributed by atoms with van der Waals surface area (Å²) in [5.74, 6) is -1.00. The number of hydrogen-bond donors (Lipinski definition) is 1. The molecule has 1 aromatic rings. The number of carbonyl (C=O) groups is 1. The van der Waals surface area contributed by atoms with E-state index in [1.165, 1.54) is 0 Å². The number of carboxylic acids is 1. The number of aromatic nitrogens is 2. The van der Waals surface area contributed by atoms with Gasteiger partial charge in [-0.3, -0.25) is 9.48 Å². The minimum Gasteiger partial charge on any atom is -0.481 e. The molecule has 0 radical (unpaired) electrons. The van der Waals surface area contributed by atoms with Gasteiger partial charge in [0, 0.05) is 0 Å². The fourth-order valence-corrected chi connectivity index (χ4v) is 2.71. The highest BCUT2D eigenvalue weighted by molar-refractivity contribution is 9.10. The minimum atomic E-state index is -0.706. The number of nitrogens with zero attached hydrogens (tertiary/aromatic N) is 2. The van der Waals surface area contributed by atoms with Gasteiger partial charge < -0.3 is 5.11 Å². The third-order valence-electron chi connectivity index (χ3n) is 2.98. The smallest absolute Gasteiger partial charge is 0.308 e. The summed E-state index contributed by atoms with van der Waals surface area (Å²) < 4.78 is 2.65. The largest absolute Gasteiger partial charge is 0.481 e. The van der Waals surface area contributed by atoms with Crippen molar-refractivity contribution in [2.24, 2.45) is 5.92 Å². The fourth-order valence-electron chi connectivity index (χ4n) is 2.23. The molecule has 0 aliphatic heterocycles. The van der Waals surface area contributed by atoms with Crippen molar-refractivity contribution in [3.8, 4) is 0 Å². The highest BCUT2D eigenvalue weighted by Gasteiger charge is 2.33. The molecule has 4 nitrogen and oxygen atoms in total. The number of aliphatic carboxylic acids is 1. The van der Waals surface area contributed by atoms with E-state index < -0.39 is 5.97 Å². The molecule has 0 spiro atoms. The van der Waals surface area contributed by atoms with Gasteiger partial charge >= 0.3 is 5.97 Å². The van der Waals surface area contributed by atoms with Crippen LogP contribution in [0.4, 0.5) is 0 Å². The Morgan fingerprint density at radius 2 is 2.27 bits per heavy atom. The zero-order valence-corrected chi connectivity index (χ0v) is 9.85. The zero-order valence-electron chi connectivity index (χ0n) is 8.27. The van der Waals surface area contributed by atoms with Crippen LogP contribution in [0.5, 0.6) is 0 Å². The SMILES string of the molecule is O=C(O)C1CCCCC1n1nccc1Br. The molecule has 0 amide bonds. The maximum absolute atomic E-state index is 11.1. The van der Waals surface area contributed by atoms with Crippen LogP contribution in [0.3, 0.4) is 0 Å². The molecule has 1 aliphatic carbocycles. The fraction of sp³-hybridized carbons (Fsp3) is 0.600. The molecule has 0 aromatic carbocycles. The first-order valence-corrected chi connectivity index (χ1v) is 5.91. The molecule has 1 N–H and O–H groups in total. The van der Waals surface area contributed by atoms with E-state index >= 15 is 0 Å². The van der Waals surface area contributed by atoms with Crippen LogP contribution in [0.25, 0.3) is 0 Å². The van der Waals surface area contributed by atoms with Crippen LogP contribution < -0.4 is 0 Å². The highest BCUT2D eigenvalue weighted by Crippen LogP contribution is 2.35. The normalized spacial score (nSPS) is 26.5. The average Bonchev–Trinajstić information content (AvgIpc) is 2.64. The lowest BCUT2D eigenvalue weighted by atomic mass is 9.85. The maximum atomic E-state index is 11.1. The second-order valence-corrected chi connectivity index (χ2v) is 4.71. The molecule has 1 saturated carbocycles. The number of halogens is 1. The molecule has 1 aliphatic rings. The second kappa shape index (κ2) is 4.35. The molecule has 1 fully saturated rings. The first-order chi connectivity index (χ1) is 7.20. The lowest BCUT2D eigenvalue weighted by Crippen LogP contribution is -2.30. The van der Waals surface area contributed by atoms with Gasteiger partial charge in [0.15, 0.2) is 0 Å². The van der Waals surface area contributed by atoms with E-state index in [1.807, 2.05) is 6.07 Å². The van der Waals surface area contributed by atoms with Crippen LogP contribution in [-0.4, -0.2) is 20.9 Å². The van der Waals surface area contributed by atoms with Gasteiger partial charge in [-0.25, -0.2) is 0 Å². The van der Waals surface area contributed by atoms with Crippen molar-refractivity contribution >= 4 is 21.9 Å². The molecule has 82 valence electrons. The Hall–Kier alpha value is -0.840. The van der Waals surface area contributed by atoms with Crippen molar-refractivity contribution in [1.29, 1.82) is 0 Å². The number of carboxylic acid groups (broad SMARTS) is 1. The van der Waals surface area contributed by atoms with Crippen LogP contribution in [0, 0.1) is 5.92 Å². The van der Waals surface area contributed by atoms with E-state index in [9.17, 15) is 4.79 Å². The van der Waals surface area contributed by atoms with Crippen molar-refractivity contribution in [3.05, 3.63) is 16.9 Å². The molecular formula is C10H13BrN2O2. The molecule has 1 heterocycles. The summed E-state index contributed by atoms with van der Waals surface area (Å²) >= 11 is 3.39. The quantitative estimate of drug-likeness (QED) is 0.900. The Morgan fingerprint density at radius 1 is 1.53 bits per heavy atom. The molecular weight excluding hydrogens is 260 g/mol. The maximum Gasteiger partial charge on any atom is 0.308 e. The molecule has 2 rings (SSSR count). The van der Waals surface area contributed by atoms with Gasteiger partial charge in [-0.15, -0.1) is 0 Å². The van der Waals surface area contributed by atoms with Crippen molar-refractivity contribution in [1.82, 2.24) is 9.78 Å². The monoisotopic (exact) mass is 272 g/mol. The summed E-state index contributed by atoms with van der Waals surface area (Å²) in [6, 6.07) is 1.84. The van der Waals surface area contributed by atoms with Crippen molar-refractivity contribution in [3.63, 3.8) is 0 Å². The Kier molecular flexibility index (Phi) is 3.09. The van der Waals surface area contributed by atoms with Crippen molar-refractivity contribution < 1.29 is 9.90 Å². The number of rotatable bonds is 2. The Labute approximate surface area is 96.4 Å². The topological polar surface area (TPSA) is 55.1 Å². The summed E-state index contributed by atoms with van der Waals surface area (Å²) in [6.45, 7) is 0. The van der Waals surface area contributed by atoms with Crippen LogP contribution >= 0.6 is 15.9 Å². The standard InChI is InChI=1S/C10H13BrN2O2/c11-9-5-6-12-13(9)8-4-2-1-3-7(8)10(14)15/h5-8H,1-4H2,(H,14,15). The molecule has 15 heavy (non-hydrogen) atoms. The average molecular weight is 273 g/mol. The predicted octanol–water partition coefficient (Wildman–Crippen LogP) is 2.46. The van der Waals surface area contributed by atoms with E-state index in [4.69, 9.17) is 5.11 Å². The summed E-state index contributed by atoms with van der Waals surface area (Å²) in [7, 11) is 0. The lowest BCUT2D eigenvalue weighted by Gasteiger charge is -2.29. The molecule has 1 aromatic heterocycles. The second-order valence-electron chi connectivity index (χ2n) is 3.90. The zero-order chi connectivity index (χ0) is 10.8. The third kappa shape index (κ3) is 2.07. The molecule has 5 heteroatoms. The van der Waals surface area contributed by atoms with E-state index in [-0.39, 0.29) is 12.0 Å². The van der Waals surface area contributed by atoms with Crippen molar-refractivity contribution in [2.45, 2.75) is 31.7 Å². The van der Waals surface area contributed by atoms with Gasteiger partial charge in [0.05, 0.1) is 18.2 Å². The molecule has 0 saturated heterocycles. The molecule has 0 bridgehead atoms. The molecule has 2 atom stereocenters. The van der Waals surface area contributed by atoms with Crippen LogP contribution in [0.1, 0.15) is 31.7 Å². The van der Waals surface area contributed by atoms with Crippen LogP contribution in [-0.2, 0) is 4.79 Å². The van der Waals surface area contributed by atoms with Crippen LogP contribution in [0.15, 0.2) is 16.9 Å². The van der Waals surface area contributed by atoms with E-state index in [0.717, 1.165) is 30.3 Å². The Balaban J connectivity index is 2.25.